The Balaban J connectivity index is 1.67. The van der Waals surface area contributed by atoms with E-state index in [1.807, 2.05) is 0 Å². The van der Waals surface area contributed by atoms with Crippen molar-refractivity contribution < 1.29 is 0 Å². The average molecular weight is 308 g/mol. The Hall–Kier alpha value is -0.861. The molecule has 0 spiro atoms. The number of nitrogens with one attached hydrogen (secondary N) is 1. The predicted octanol–water partition coefficient (Wildman–Crippen LogP) is 3.07. The first-order valence-electron chi connectivity index (χ1n) is 6.88. The van der Waals surface area contributed by atoms with E-state index in [9.17, 15) is 0 Å². The van der Waals surface area contributed by atoms with Crippen molar-refractivity contribution in [2.75, 3.05) is 11.9 Å². The molecule has 3 nitrogen and oxygen atoms in total. The molecule has 1 N–H and O–H groups in total. The Morgan fingerprint density at radius 3 is 2.78 bits per heavy atom. The molecule has 0 amide bonds. The van der Waals surface area contributed by atoms with Crippen molar-refractivity contribution >= 4 is 31.7 Å². The zero-order chi connectivity index (χ0) is 12.2. The van der Waals surface area contributed by atoms with Gasteiger partial charge in [-0.3, -0.25) is 0 Å². The third kappa shape index (κ3) is 2.76. The molecule has 0 atom stereocenters. The summed E-state index contributed by atoms with van der Waals surface area (Å²) in [7, 11) is 0. The quantitative estimate of drug-likeness (QED) is 0.699. The molecule has 0 radical (unpaired) electrons. The molecule has 18 heavy (non-hydrogen) atoms. The molecule has 96 valence electrons. The number of hydrogen-bond acceptors (Lipinski definition) is 3. The molecule has 1 saturated carbocycles. The Morgan fingerprint density at radius 2 is 1.94 bits per heavy atom. The van der Waals surface area contributed by atoms with Gasteiger partial charge >= 0.3 is 114 Å². The van der Waals surface area contributed by atoms with E-state index in [1.54, 1.807) is 0 Å². The summed E-state index contributed by atoms with van der Waals surface area (Å²) in [5.41, 5.74) is 3.34. The summed E-state index contributed by atoms with van der Waals surface area (Å²) in [4.78, 5) is 0. The third-order valence-corrected chi connectivity index (χ3v) is 4.98. The van der Waals surface area contributed by atoms with Crippen LogP contribution in [0.1, 0.15) is 38.5 Å². The van der Waals surface area contributed by atoms with Crippen LogP contribution >= 0.6 is 0 Å². The second-order valence-corrected chi connectivity index (χ2v) is 6.28. The van der Waals surface area contributed by atoms with E-state index < -0.39 is 0 Å². The van der Waals surface area contributed by atoms with Gasteiger partial charge in [-0.25, -0.2) is 0 Å². The Morgan fingerprint density at radius 1 is 1.11 bits per heavy atom. The first-order valence-corrected chi connectivity index (χ1v) is 8.42. The van der Waals surface area contributed by atoms with Gasteiger partial charge in [0.05, 0.1) is 0 Å². The topological polar surface area (TPSA) is 37.8 Å². The van der Waals surface area contributed by atoms with E-state index in [-0.39, 0.29) is 15.0 Å². The number of benzene rings is 1. The zero-order valence-electron chi connectivity index (χ0n) is 10.6. The van der Waals surface area contributed by atoms with Crippen LogP contribution in [0.15, 0.2) is 18.2 Å². The first kappa shape index (κ1) is 12.2. The minimum absolute atomic E-state index is 0.0719. The normalized spacial score (nSPS) is 17.8. The molecule has 1 heterocycles. The van der Waals surface area contributed by atoms with Gasteiger partial charge in [-0.15, -0.1) is 0 Å². The monoisotopic (exact) mass is 309 g/mol. The maximum absolute atomic E-state index is 4.51. The van der Waals surface area contributed by atoms with Gasteiger partial charge < -0.3 is 0 Å². The van der Waals surface area contributed by atoms with Crippen molar-refractivity contribution in [3.63, 3.8) is 0 Å². The fourth-order valence-electron chi connectivity index (χ4n) is 2.77. The molecule has 1 aromatic carbocycles. The molecule has 3 rings (SSSR count). The summed E-state index contributed by atoms with van der Waals surface area (Å²) in [6.07, 6.45) is 8.42. The summed E-state index contributed by atoms with van der Waals surface area (Å²) in [5.74, 6) is 0.840. The molecule has 4 heteroatoms. The van der Waals surface area contributed by atoms with Gasteiger partial charge in [-0.1, -0.05) is 0 Å². The van der Waals surface area contributed by atoms with Gasteiger partial charge in [0.15, 0.2) is 0 Å². The Bertz CT molecular complexity index is 500. The summed E-state index contributed by atoms with van der Waals surface area (Å²) < 4.78 is 8.94. The number of aromatic nitrogens is 2. The molecule has 0 bridgehead atoms. The molecule has 1 aliphatic carbocycles. The van der Waals surface area contributed by atoms with Gasteiger partial charge in [0.2, 0.25) is 0 Å². The molecular weight excluding hydrogens is 289 g/mol. The van der Waals surface area contributed by atoms with Crippen LogP contribution in [-0.4, -0.2) is 29.5 Å². The fraction of sp³-hybridized carbons (Fsp3) is 0.571. The number of hydrogen-bond donors (Lipinski definition) is 1. The minimum atomic E-state index is 0.0719. The van der Waals surface area contributed by atoms with Crippen molar-refractivity contribution in [2.45, 2.75) is 38.5 Å². The van der Waals surface area contributed by atoms with Crippen LogP contribution in [0.3, 0.4) is 0 Å². The summed E-state index contributed by atoms with van der Waals surface area (Å²) in [6, 6.07) is 6.27. The van der Waals surface area contributed by atoms with Crippen molar-refractivity contribution in [2.24, 2.45) is 5.92 Å². The van der Waals surface area contributed by atoms with Gasteiger partial charge in [0.1, 0.15) is 0 Å². The third-order valence-electron chi connectivity index (χ3n) is 3.84. The molecule has 1 fully saturated rings. The number of anilines is 1. The number of rotatable bonds is 3. The van der Waals surface area contributed by atoms with E-state index >= 15 is 0 Å². The van der Waals surface area contributed by atoms with Crippen LogP contribution in [0.5, 0.6) is 0 Å². The van der Waals surface area contributed by atoms with Gasteiger partial charge in [0.25, 0.3) is 0 Å². The second kappa shape index (κ2) is 5.85. The molecule has 0 unspecified atom stereocenters. The summed E-state index contributed by atoms with van der Waals surface area (Å²) in [6.45, 7) is 1.10. The number of nitrogens with zero attached hydrogens (tertiary/aromatic N) is 2. The van der Waals surface area contributed by atoms with Crippen molar-refractivity contribution in [3.8, 4) is 0 Å². The average Bonchev–Trinajstić information content (AvgIpc) is 2.73. The van der Waals surface area contributed by atoms with Crippen LogP contribution in [0, 0.1) is 5.92 Å². The summed E-state index contributed by atoms with van der Waals surface area (Å²) >= 11 is 0.0719. The van der Waals surface area contributed by atoms with Gasteiger partial charge in [-0.2, -0.15) is 0 Å². The van der Waals surface area contributed by atoms with E-state index in [0.29, 0.717) is 0 Å². The van der Waals surface area contributed by atoms with Crippen LogP contribution in [0.25, 0.3) is 11.0 Å². The standard InChI is InChI=1S/C14H19N3Se/c1-2-4-7-11(6-3-1)10-15-12-8-5-9-13-14(12)17-18-16-13/h5,8-9,11,15H,1-4,6-7,10H2. The Labute approximate surface area is 114 Å². The van der Waals surface area contributed by atoms with Crippen LogP contribution in [-0.2, 0) is 0 Å². The van der Waals surface area contributed by atoms with E-state index in [0.717, 1.165) is 23.5 Å². The number of fused-ring (bicyclic) bond motifs is 1. The van der Waals surface area contributed by atoms with Crippen LogP contribution in [0.4, 0.5) is 5.69 Å². The first-order chi connectivity index (χ1) is 8.93. The molecule has 2 aromatic rings. The maximum atomic E-state index is 4.51. The van der Waals surface area contributed by atoms with Crippen molar-refractivity contribution in [1.82, 2.24) is 7.96 Å². The zero-order valence-corrected chi connectivity index (χ0v) is 12.3. The Kier molecular flexibility index (Phi) is 3.96. The molecule has 1 aliphatic rings. The molecule has 0 saturated heterocycles. The van der Waals surface area contributed by atoms with E-state index in [2.05, 4.69) is 31.5 Å². The molecule has 1 aromatic heterocycles. The van der Waals surface area contributed by atoms with Crippen LogP contribution < -0.4 is 5.32 Å². The molecular formula is C14H19N3Se. The second-order valence-electron chi connectivity index (χ2n) is 5.18. The summed E-state index contributed by atoms with van der Waals surface area (Å²) in [5, 5.41) is 3.60. The molecule has 0 aliphatic heterocycles. The van der Waals surface area contributed by atoms with Crippen molar-refractivity contribution in [3.05, 3.63) is 18.2 Å². The SMILES string of the molecule is c1cc(NCC2CCCCCC2)c2n[se]nc2c1. The fourth-order valence-corrected chi connectivity index (χ4v) is 3.92. The van der Waals surface area contributed by atoms with E-state index in [4.69, 9.17) is 0 Å². The van der Waals surface area contributed by atoms with Crippen molar-refractivity contribution in [1.29, 1.82) is 0 Å². The van der Waals surface area contributed by atoms with Crippen LogP contribution in [0.2, 0.25) is 0 Å². The van der Waals surface area contributed by atoms with E-state index in [1.165, 1.54) is 44.2 Å². The predicted molar refractivity (Wildman–Crippen MR) is 76.2 cm³/mol. The van der Waals surface area contributed by atoms with Gasteiger partial charge in [0, 0.05) is 0 Å². The van der Waals surface area contributed by atoms with Gasteiger partial charge in [-0.05, 0) is 0 Å².